The van der Waals surface area contributed by atoms with Crippen LogP contribution in [0, 0.1) is 0 Å². The van der Waals surface area contributed by atoms with Gasteiger partial charge in [0.05, 0.1) is 24.2 Å². The van der Waals surface area contributed by atoms with Crippen molar-refractivity contribution in [1.29, 1.82) is 0 Å². The van der Waals surface area contributed by atoms with Crippen molar-refractivity contribution in [2.45, 2.75) is 0 Å². The van der Waals surface area contributed by atoms with Gasteiger partial charge in [0.15, 0.2) is 0 Å². The molecule has 0 saturated carbocycles. The smallest absolute Gasteiger partial charge is 0.253 e. The lowest BCUT2D eigenvalue weighted by Crippen LogP contribution is -2.51. The molecule has 1 aliphatic rings. The molecule has 6 nitrogen and oxygen atoms in total. The van der Waals surface area contributed by atoms with Gasteiger partial charge in [-0.1, -0.05) is 23.2 Å². The highest BCUT2D eigenvalue weighted by Gasteiger charge is 2.22. The zero-order valence-electron chi connectivity index (χ0n) is 15.5. The summed E-state index contributed by atoms with van der Waals surface area (Å²) in [5.41, 5.74) is 1.39. The number of nitrogens with zero attached hydrogens (tertiary/aromatic N) is 2. The number of benzene rings is 2. The second-order valence-electron chi connectivity index (χ2n) is 6.37. The molecule has 0 spiro atoms. The van der Waals surface area contributed by atoms with Crippen LogP contribution in [0.1, 0.15) is 10.4 Å². The first-order chi connectivity index (χ1) is 13.5. The Morgan fingerprint density at radius 2 is 1.71 bits per heavy atom. The van der Waals surface area contributed by atoms with Crippen LogP contribution in [0.3, 0.4) is 0 Å². The Hall–Kier alpha value is -2.44. The van der Waals surface area contributed by atoms with Gasteiger partial charge in [-0.15, -0.1) is 0 Å². The highest BCUT2D eigenvalue weighted by atomic mass is 35.5. The van der Waals surface area contributed by atoms with E-state index < -0.39 is 5.91 Å². The lowest BCUT2D eigenvalue weighted by atomic mass is 10.2. The van der Waals surface area contributed by atoms with E-state index in [4.69, 9.17) is 27.9 Å². The van der Waals surface area contributed by atoms with Crippen LogP contribution in [0.2, 0.25) is 10.0 Å². The maximum Gasteiger partial charge on any atom is 0.253 e. The van der Waals surface area contributed by atoms with Gasteiger partial charge in [-0.25, -0.2) is 0 Å². The fraction of sp³-hybridized carbons (Fsp3) is 0.300. The lowest BCUT2D eigenvalue weighted by Gasteiger charge is -2.36. The molecule has 28 heavy (non-hydrogen) atoms. The van der Waals surface area contributed by atoms with E-state index in [1.54, 1.807) is 18.1 Å². The number of methoxy groups -OCH3 is 1. The number of anilines is 1. The van der Waals surface area contributed by atoms with Crippen molar-refractivity contribution in [1.82, 2.24) is 10.2 Å². The summed E-state index contributed by atoms with van der Waals surface area (Å²) in [6, 6.07) is 12.5. The molecule has 0 bridgehead atoms. The van der Waals surface area contributed by atoms with Gasteiger partial charge in [0, 0.05) is 36.9 Å². The van der Waals surface area contributed by atoms with E-state index in [0.29, 0.717) is 23.7 Å². The van der Waals surface area contributed by atoms with Gasteiger partial charge in [0.1, 0.15) is 5.75 Å². The molecule has 8 heteroatoms. The molecular formula is C20H21Cl2N3O3. The monoisotopic (exact) mass is 421 g/mol. The third kappa shape index (κ3) is 4.88. The molecule has 0 atom stereocenters. The van der Waals surface area contributed by atoms with Crippen LogP contribution in [0.15, 0.2) is 42.5 Å². The molecule has 0 radical (unpaired) electrons. The average Bonchev–Trinajstić information content (AvgIpc) is 2.72. The molecule has 2 aromatic rings. The molecule has 3 rings (SSSR count). The molecule has 2 amide bonds. The Labute approximate surface area is 174 Å². The van der Waals surface area contributed by atoms with Crippen LogP contribution in [0.5, 0.6) is 5.75 Å². The second-order valence-corrected chi connectivity index (χ2v) is 7.22. The van der Waals surface area contributed by atoms with Crippen LogP contribution in [0.25, 0.3) is 0 Å². The van der Waals surface area contributed by atoms with E-state index >= 15 is 0 Å². The van der Waals surface area contributed by atoms with Gasteiger partial charge in [0.2, 0.25) is 5.91 Å². The summed E-state index contributed by atoms with van der Waals surface area (Å²) in [5.74, 6) is 0.300. The first kappa shape index (κ1) is 20.3. The summed E-state index contributed by atoms with van der Waals surface area (Å²) in [6.45, 7) is 2.59. The number of halogens is 2. The fourth-order valence-corrected chi connectivity index (χ4v) is 3.54. The maximum absolute atomic E-state index is 12.4. The van der Waals surface area contributed by atoms with Crippen molar-refractivity contribution in [3.05, 3.63) is 58.1 Å². The molecule has 1 aliphatic heterocycles. The number of carbonyl (C=O) groups is 2. The number of nitrogens with one attached hydrogen (secondary N) is 1. The Kier molecular flexibility index (Phi) is 6.65. The number of carbonyl (C=O) groups excluding carboxylic acids is 2. The van der Waals surface area contributed by atoms with Crippen molar-refractivity contribution in [3.8, 4) is 5.75 Å². The van der Waals surface area contributed by atoms with Crippen molar-refractivity contribution >= 4 is 40.7 Å². The predicted molar refractivity (Wildman–Crippen MR) is 111 cm³/mol. The summed E-state index contributed by atoms with van der Waals surface area (Å²) < 4.78 is 5.18. The van der Waals surface area contributed by atoms with Crippen LogP contribution < -0.4 is 15.0 Å². The van der Waals surface area contributed by atoms with Gasteiger partial charge in [-0.2, -0.15) is 0 Å². The Balaban J connectivity index is 1.49. The van der Waals surface area contributed by atoms with Gasteiger partial charge in [0.25, 0.3) is 5.91 Å². The predicted octanol–water partition coefficient (Wildman–Crippen LogP) is 3.08. The standard InChI is InChI=1S/C20H21Cl2N3O3/c1-28-16-5-3-15(4-6-16)24-8-10-25(11-9-24)19(26)13-23-20(27)17-7-2-14(21)12-18(17)22/h2-7,12H,8-11,13H2,1H3,(H,23,27). The minimum atomic E-state index is -0.396. The third-order valence-electron chi connectivity index (χ3n) is 4.65. The summed E-state index contributed by atoms with van der Waals surface area (Å²) in [4.78, 5) is 28.6. The number of ether oxygens (including phenoxy) is 1. The largest absolute Gasteiger partial charge is 0.497 e. The SMILES string of the molecule is COc1ccc(N2CCN(C(=O)CNC(=O)c3ccc(Cl)cc3Cl)CC2)cc1. The first-order valence-electron chi connectivity index (χ1n) is 8.88. The molecule has 1 heterocycles. The van der Waals surface area contributed by atoms with Crippen molar-refractivity contribution < 1.29 is 14.3 Å². The molecule has 1 fully saturated rings. The highest BCUT2D eigenvalue weighted by molar-refractivity contribution is 6.36. The minimum Gasteiger partial charge on any atom is -0.497 e. The molecule has 2 aromatic carbocycles. The topological polar surface area (TPSA) is 61.9 Å². The number of amides is 2. The van der Waals surface area contributed by atoms with E-state index in [1.165, 1.54) is 12.1 Å². The van der Waals surface area contributed by atoms with Crippen LogP contribution in [0.4, 0.5) is 5.69 Å². The zero-order valence-corrected chi connectivity index (χ0v) is 17.0. The van der Waals surface area contributed by atoms with E-state index in [-0.39, 0.29) is 17.5 Å². The number of hydrogen-bond donors (Lipinski definition) is 1. The Morgan fingerprint density at radius 3 is 2.32 bits per heavy atom. The lowest BCUT2D eigenvalue weighted by molar-refractivity contribution is -0.130. The number of rotatable bonds is 5. The van der Waals surface area contributed by atoms with Gasteiger partial charge < -0.3 is 19.9 Å². The number of piperazine rings is 1. The molecule has 0 aromatic heterocycles. The van der Waals surface area contributed by atoms with Gasteiger partial charge >= 0.3 is 0 Å². The van der Waals surface area contributed by atoms with Crippen LogP contribution in [-0.2, 0) is 4.79 Å². The number of hydrogen-bond acceptors (Lipinski definition) is 4. The molecule has 0 unspecified atom stereocenters. The quantitative estimate of drug-likeness (QED) is 0.805. The summed E-state index contributed by atoms with van der Waals surface area (Å²) >= 11 is 11.9. The minimum absolute atomic E-state index is 0.0691. The van der Waals surface area contributed by atoms with E-state index in [1.807, 2.05) is 24.3 Å². The van der Waals surface area contributed by atoms with Gasteiger partial charge in [-0.3, -0.25) is 9.59 Å². The van der Waals surface area contributed by atoms with Crippen LogP contribution >= 0.6 is 23.2 Å². The highest BCUT2D eigenvalue weighted by Crippen LogP contribution is 2.21. The average molecular weight is 422 g/mol. The van der Waals surface area contributed by atoms with Crippen LogP contribution in [-0.4, -0.2) is 56.5 Å². The first-order valence-corrected chi connectivity index (χ1v) is 9.63. The molecule has 1 saturated heterocycles. The fourth-order valence-electron chi connectivity index (χ4n) is 3.04. The summed E-state index contributed by atoms with van der Waals surface area (Å²) in [5, 5.41) is 3.33. The Morgan fingerprint density at radius 1 is 1.04 bits per heavy atom. The third-order valence-corrected chi connectivity index (χ3v) is 5.19. The zero-order chi connectivity index (χ0) is 20.1. The molecule has 1 N–H and O–H groups in total. The second kappa shape index (κ2) is 9.17. The molecule has 148 valence electrons. The van der Waals surface area contributed by atoms with E-state index in [0.717, 1.165) is 24.5 Å². The summed E-state index contributed by atoms with van der Waals surface area (Å²) in [6.07, 6.45) is 0. The maximum atomic E-state index is 12.4. The molecular weight excluding hydrogens is 401 g/mol. The van der Waals surface area contributed by atoms with E-state index in [2.05, 4.69) is 10.2 Å². The van der Waals surface area contributed by atoms with E-state index in [9.17, 15) is 9.59 Å². The van der Waals surface area contributed by atoms with Crippen molar-refractivity contribution in [2.75, 3.05) is 44.7 Å². The van der Waals surface area contributed by atoms with Crippen molar-refractivity contribution in [2.24, 2.45) is 0 Å². The van der Waals surface area contributed by atoms with Crippen molar-refractivity contribution in [3.63, 3.8) is 0 Å². The normalized spacial score (nSPS) is 14.0. The van der Waals surface area contributed by atoms with Gasteiger partial charge in [-0.05, 0) is 42.5 Å². The summed E-state index contributed by atoms with van der Waals surface area (Å²) in [7, 11) is 1.64. The molecule has 0 aliphatic carbocycles. The Bertz CT molecular complexity index is 850.